The molecular weight excluding hydrogens is 479 g/mol. The highest BCUT2D eigenvalue weighted by Crippen LogP contribution is 2.24. The first kappa shape index (κ1) is 24.1. The Balaban J connectivity index is 1.50. The van der Waals surface area contributed by atoms with Gasteiger partial charge in [-0.15, -0.1) is 0 Å². The normalized spacial score (nSPS) is 11.4. The van der Waals surface area contributed by atoms with Gasteiger partial charge in [0.15, 0.2) is 8.07 Å². The van der Waals surface area contributed by atoms with Gasteiger partial charge >= 0.3 is 7.12 Å². The van der Waals surface area contributed by atoms with E-state index in [1.807, 2.05) is 18.2 Å². The molecule has 0 saturated heterocycles. The van der Waals surface area contributed by atoms with E-state index in [1.165, 1.54) is 20.7 Å². The molecule has 0 aliphatic carbocycles. The zero-order valence-electron chi connectivity index (χ0n) is 20.9. The average Bonchev–Trinajstić information content (AvgIpc) is 2.99. The summed E-state index contributed by atoms with van der Waals surface area (Å²) in [6, 6.07) is 53.7. The molecule has 0 atom stereocenters. The first-order valence-corrected chi connectivity index (χ1v) is 14.8. The molecule has 0 fully saturated rings. The van der Waals surface area contributed by atoms with Crippen LogP contribution in [0.1, 0.15) is 0 Å². The number of fused-ring (bicyclic) bond motifs is 1. The first-order valence-electron chi connectivity index (χ1n) is 12.8. The largest absolute Gasteiger partial charge is 0.488 e. The van der Waals surface area contributed by atoms with Crippen molar-refractivity contribution in [2.24, 2.45) is 0 Å². The number of hydrogen-bond acceptors (Lipinski definition) is 2. The molecule has 38 heavy (non-hydrogen) atoms. The van der Waals surface area contributed by atoms with Crippen LogP contribution in [0.2, 0.25) is 0 Å². The van der Waals surface area contributed by atoms with Crippen molar-refractivity contribution in [3.05, 3.63) is 152 Å². The average molecular weight is 506 g/mol. The summed E-state index contributed by atoms with van der Waals surface area (Å²) in [4.78, 5) is 0. The second-order valence-corrected chi connectivity index (χ2v) is 13.4. The molecule has 6 aromatic carbocycles. The molecular formula is C34H27BO2Si. The van der Waals surface area contributed by atoms with Crippen molar-refractivity contribution >= 4 is 52.2 Å². The van der Waals surface area contributed by atoms with Gasteiger partial charge in [0, 0.05) is 0 Å². The molecule has 0 spiro atoms. The van der Waals surface area contributed by atoms with Crippen LogP contribution in [0.15, 0.2) is 152 Å². The molecule has 182 valence electrons. The molecule has 2 N–H and O–H groups in total. The third-order valence-electron chi connectivity index (χ3n) is 7.43. The molecule has 0 aliphatic heterocycles. The Morgan fingerprint density at radius 1 is 0.395 bits per heavy atom. The molecule has 0 heterocycles. The summed E-state index contributed by atoms with van der Waals surface area (Å²) in [5, 5.41) is 26.5. The second kappa shape index (κ2) is 10.3. The van der Waals surface area contributed by atoms with E-state index in [-0.39, 0.29) is 0 Å². The fraction of sp³-hybridized carbons (Fsp3) is 0. The lowest BCUT2D eigenvalue weighted by molar-refractivity contribution is 0.426. The molecule has 0 amide bonds. The van der Waals surface area contributed by atoms with Gasteiger partial charge < -0.3 is 10.0 Å². The molecule has 0 aliphatic rings. The molecule has 0 bridgehead atoms. The second-order valence-electron chi connectivity index (χ2n) is 9.62. The van der Waals surface area contributed by atoms with E-state index >= 15 is 0 Å². The van der Waals surface area contributed by atoms with Crippen LogP contribution < -0.4 is 26.2 Å². The van der Waals surface area contributed by atoms with Crippen molar-refractivity contribution in [3.8, 4) is 11.1 Å². The third-order valence-corrected chi connectivity index (χ3v) is 12.2. The topological polar surface area (TPSA) is 40.5 Å². The van der Waals surface area contributed by atoms with Crippen molar-refractivity contribution in [2.75, 3.05) is 0 Å². The van der Waals surface area contributed by atoms with Crippen molar-refractivity contribution in [1.29, 1.82) is 0 Å². The maximum absolute atomic E-state index is 9.51. The Morgan fingerprint density at radius 2 is 0.816 bits per heavy atom. The minimum absolute atomic E-state index is 0.499. The summed E-state index contributed by atoms with van der Waals surface area (Å²) in [7, 11) is -4.00. The highest BCUT2D eigenvalue weighted by Gasteiger charge is 2.41. The third kappa shape index (κ3) is 4.29. The predicted molar refractivity (Wildman–Crippen MR) is 163 cm³/mol. The predicted octanol–water partition coefficient (Wildman–Crippen LogP) is 3.56. The van der Waals surface area contributed by atoms with E-state index in [2.05, 4.69) is 127 Å². The molecule has 0 radical (unpaired) electrons. The smallest absolute Gasteiger partial charge is 0.423 e. The zero-order valence-corrected chi connectivity index (χ0v) is 21.9. The van der Waals surface area contributed by atoms with Crippen LogP contribution in [0.4, 0.5) is 0 Å². The van der Waals surface area contributed by atoms with Crippen LogP contribution in [0, 0.1) is 0 Å². The van der Waals surface area contributed by atoms with E-state index in [0.29, 0.717) is 5.46 Å². The summed E-state index contributed by atoms with van der Waals surface area (Å²) >= 11 is 0. The Bertz CT molecular complexity index is 1570. The SMILES string of the molecule is OB(O)c1ccc2cc(-c3ccc([Si](c4ccccc4)(c4ccccc4)c4ccccc4)cc3)ccc2c1. The maximum atomic E-state index is 9.51. The number of benzene rings is 6. The number of rotatable bonds is 6. The Hall–Kier alpha value is -4.22. The minimum atomic E-state index is -2.53. The van der Waals surface area contributed by atoms with Crippen LogP contribution in [0.5, 0.6) is 0 Å². The van der Waals surface area contributed by atoms with Crippen LogP contribution in [-0.4, -0.2) is 25.2 Å². The molecule has 2 nitrogen and oxygen atoms in total. The van der Waals surface area contributed by atoms with E-state index in [4.69, 9.17) is 0 Å². The van der Waals surface area contributed by atoms with Gasteiger partial charge in [-0.1, -0.05) is 146 Å². The Morgan fingerprint density at radius 3 is 1.32 bits per heavy atom. The van der Waals surface area contributed by atoms with Crippen LogP contribution in [0.3, 0.4) is 0 Å². The zero-order chi connectivity index (χ0) is 26.0. The maximum Gasteiger partial charge on any atom is 0.488 e. The first-order chi connectivity index (χ1) is 18.7. The Kier molecular flexibility index (Phi) is 6.52. The highest BCUT2D eigenvalue weighted by molar-refractivity contribution is 7.19. The van der Waals surface area contributed by atoms with Crippen molar-refractivity contribution in [1.82, 2.24) is 0 Å². The molecule has 0 unspecified atom stereocenters. The van der Waals surface area contributed by atoms with Crippen molar-refractivity contribution in [2.45, 2.75) is 0 Å². The summed E-state index contributed by atoms with van der Waals surface area (Å²) in [5.41, 5.74) is 2.78. The van der Waals surface area contributed by atoms with Gasteiger partial charge in [-0.3, -0.25) is 0 Å². The van der Waals surface area contributed by atoms with E-state index in [9.17, 15) is 10.0 Å². The molecule has 0 saturated carbocycles. The monoisotopic (exact) mass is 506 g/mol. The molecule has 6 aromatic rings. The summed E-state index contributed by atoms with van der Waals surface area (Å²) in [6.07, 6.45) is 0. The van der Waals surface area contributed by atoms with Gasteiger partial charge in [-0.25, -0.2) is 0 Å². The fourth-order valence-corrected chi connectivity index (χ4v) is 10.3. The van der Waals surface area contributed by atoms with Gasteiger partial charge in [-0.2, -0.15) is 0 Å². The standard InChI is InChI=1S/C34H27BO2Si/c36-35(37)30-21-18-28-24-27(16-17-29(28)25-30)26-19-22-34(23-20-26)38(31-10-4-1-5-11-31,32-12-6-2-7-13-32)33-14-8-3-9-15-33/h1-25,36-37H. The van der Waals surface area contributed by atoms with Gasteiger partial charge in [0.1, 0.15) is 0 Å². The van der Waals surface area contributed by atoms with Gasteiger partial charge in [-0.05, 0) is 54.2 Å². The Labute approximate surface area is 224 Å². The highest BCUT2D eigenvalue weighted by atomic mass is 28.3. The quantitative estimate of drug-likeness (QED) is 0.268. The fourth-order valence-electron chi connectivity index (χ4n) is 5.58. The molecule has 6 rings (SSSR count). The lowest BCUT2D eigenvalue weighted by Crippen LogP contribution is -2.74. The minimum Gasteiger partial charge on any atom is -0.423 e. The van der Waals surface area contributed by atoms with Crippen molar-refractivity contribution in [3.63, 3.8) is 0 Å². The van der Waals surface area contributed by atoms with Crippen LogP contribution >= 0.6 is 0 Å². The van der Waals surface area contributed by atoms with Crippen molar-refractivity contribution < 1.29 is 10.0 Å². The van der Waals surface area contributed by atoms with Crippen LogP contribution in [0.25, 0.3) is 21.9 Å². The molecule has 0 aromatic heterocycles. The lowest BCUT2D eigenvalue weighted by atomic mass is 9.79. The summed E-state index contributed by atoms with van der Waals surface area (Å²) < 4.78 is 0. The molecule has 4 heteroatoms. The van der Waals surface area contributed by atoms with Crippen LogP contribution in [-0.2, 0) is 0 Å². The summed E-state index contributed by atoms with van der Waals surface area (Å²) in [5.74, 6) is 0. The van der Waals surface area contributed by atoms with E-state index in [0.717, 1.165) is 21.9 Å². The number of hydrogen-bond donors (Lipinski definition) is 2. The van der Waals surface area contributed by atoms with E-state index in [1.54, 1.807) is 6.07 Å². The van der Waals surface area contributed by atoms with Gasteiger partial charge in [0.25, 0.3) is 0 Å². The summed E-state index contributed by atoms with van der Waals surface area (Å²) in [6.45, 7) is 0. The van der Waals surface area contributed by atoms with E-state index < -0.39 is 15.2 Å². The van der Waals surface area contributed by atoms with Gasteiger partial charge in [0.05, 0.1) is 0 Å². The van der Waals surface area contributed by atoms with Gasteiger partial charge in [0.2, 0.25) is 0 Å². The lowest BCUT2D eigenvalue weighted by Gasteiger charge is -2.34.